The molecule has 0 amide bonds. The van der Waals surface area contributed by atoms with Gasteiger partial charge < -0.3 is 5.32 Å². The van der Waals surface area contributed by atoms with E-state index in [1.165, 1.54) is 47.8 Å². The molecule has 3 rings (SSSR count). The van der Waals surface area contributed by atoms with Gasteiger partial charge in [0.05, 0.1) is 9.26 Å². The van der Waals surface area contributed by atoms with Gasteiger partial charge in [-0.2, -0.15) is 0 Å². The van der Waals surface area contributed by atoms with Gasteiger partial charge >= 0.3 is 0 Å². The zero-order valence-electron chi connectivity index (χ0n) is 10.2. The van der Waals surface area contributed by atoms with Crippen LogP contribution in [0.2, 0.25) is 0 Å². The van der Waals surface area contributed by atoms with Crippen LogP contribution in [0.3, 0.4) is 0 Å². The van der Waals surface area contributed by atoms with Gasteiger partial charge in [-0.3, -0.25) is 0 Å². The van der Waals surface area contributed by atoms with E-state index in [4.69, 9.17) is 9.97 Å². The van der Waals surface area contributed by atoms with Crippen molar-refractivity contribution in [1.29, 1.82) is 0 Å². The van der Waals surface area contributed by atoms with Crippen LogP contribution in [-0.2, 0) is 0 Å². The minimum atomic E-state index is 0.608. The smallest absolute Gasteiger partial charge is 0.143 e. The highest BCUT2D eigenvalue weighted by Crippen LogP contribution is 2.43. The molecular weight excluding hydrogens is 325 g/mol. The first kappa shape index (κ1) is 11.7. The molecule has 2 aliphatic rings. The summed E-state index contributed by atoms with van der Waals surface area (Å²) in [6, 6.07) is 0. The van der Waals surface area contributed by atoms with Crippen LogP contribution in [0.1, 0.15) is 61.9 Å². The molecule has 2 saturated carbocycles. The molecule has 3 nitrogen and oxygen atoms in total. The third kappa shape index (κ3) is 2.28. The van der Waals surface area contributed by atoms with E-state index in [1.807, 2.05) is 7.05 Å². The molecular formula is C13H18IN3. The van der Waals surface area contributed by atoms with Crippen molar-refractivity contribution in [2.45, 2.75) is 50.4 Å². The van der Waals surface area contributed by atoms with E-state index in [-0.39, 0.29) is 0 Å². The van der Waals surface area contributed by atoms with Crippen LogP contribution in [-0.4, -0.2) is 17.0 Å². The summed E-state index contributed by atoms with van der Waals surface area (Å²) >= 11 is 2.39. The van der Waals surface area contributed by atoms with E-state index in [0.717, 1.165) is 11.6 Å². The number of hydrogen-bond acceptors (Lipinski definition) is 3. The summed E-state index contributed by atoms with van der Waals surface area (Å²) in [5, 5.41) is 3.22. The summed E-state index contributed by atoms with van der Waals surface area (Å²) in [4.78, 5) is 9.58. The monoisotopic (exact) mass is 343 g/mol. The second-order valence-electron chi connectivity index (χ2n) is 5.14. The lowest BCUT2D eigenvalue weighted by atomic mass is 10.1. The number of aromatic nitrogens is 2. The summed E-state index contributed by atoms with van der Waals surface area (Å²) in [6.07, 6.45) is 7.84. The Balaban J connectivity index is 2.00. The quantitative estimate of drug-likeness (QED) is 0.852. The molecule has 0 aromatic carbocycles. The molecule has 1 N–H and O–H groups in total. The van der Waals surface area contributed by atoms with Gasteiger partial charge in [-0.05, 0) is 48.3 Å². The zero-order valence-corrected chi connectivity index (χ0v) is 12.3. The summed E-state index contributed by atoms with van der Waals surface area (Å²) in [7, 11) is 1.96. The first-order valence-corrected chi connectivity index (χ1v) is 7.62. The van der Waals surface area contributed by atoms with Gasteiger partial charge in [0.15, 0.2) is 0 Å². The van der Waals surface area contributed by atoms with Gasteiger partial charge in [0.25, 0.3) is 0 Å². The number of nitrogens with one attached hydrogen (secondary N) is 1. The largest absolute Gasteiger partial charge is 0.372 e. The standard InChI is InChI=1S/C13H18IN3/c1-15-13-10(14)11(8-6-7-8)16-12(17-13)9-4-2-3-5-9/h8-9H,2-7H2,1H3,(H,15,16,17). The van der Waals surface area contributed by atoms with E-state index < -0.39 is 0 Å². The molecule has 2 aliphatic carbocycles. The zero-order chi connectivity index (χ0) is 11.8. The lowest BCUT2D eigenvalue weighted by molar-refractivity contribution is 0.660. The molecule has 4 heteroatoms. The van der Waals surface area contributed by atoms with Gasteiger partial charge in [0.2, 0.25) is 0 Å². The lowest BCUT2D eigenvalue weighted by Crippen LogP contribution is -2.09. The highest BCUT2D eigenvalue weighted by Gasteiger charge is 2.30. The van der Waals surface area contributed by atoms with Crippen LogP contribution in [0.15, 0.2) is 0 Å². The molecule has 1 heterocycles. The maximum Gasteiger partial charge on any atom is 0.143 e. The summed E-state index contributed by atoms with van der Waals surface area (Å²) in [5.41, 5.74) is 1.30. The number of nitrogens with zero attached hydrogens (tertiary/aromatic N) is 2. The second-order valence-corrected chi connectivity index (χ2v) is 6.21. The van der Waals surface area contributed by atoms with Gasteiger partial charge in [0.1, 0.15) is 11.6 Å². The molecule has 0 spiro atoms. The maximum absolute atomic E-state index is 4.87. The first-order valence-electron chi connectivity index (χ1n) is 6.54. The van der Waals surface area contributed by atoms with Gasteiger partial charge in [-0.25, -0.2) is 9.97 Å². The first-order chi connectivity index (χ1) is 8.29. The van der Waals surface area contributed by atoms with E-state index in [2.05, 4.69) is 27.9 Å². The van der Waals surface area contributed by atoms with Crippen LogP contribution >= 0.6 is 22.6 Å². The Kier molecular flexibility index (Phi) is 3.23. The third-order valence-electron chi connectivity index (χ3n) is 3.82. The molecule has 92 valence electrons. The van der Waals surface area contributed by atoms with Gasteiger partial charge in [0, 0.05) is 18.9 Å². The molecule has 0 radical (unpaired) electrons. The van der Waals surface area contributed by atoms with Crippen LogP contribution < -0.4 is 5.32 Å². The fourth-order valence-electron chi connectivity index (χ4n) is 2.64. The number of hydrogen-bond donors (Lipinski definition) is 1. The van der Waals surface area contributed by atoms with Crippen molar-refractivity contribution in [3.05, 3.63) is 15.1 Å². The van der Waals surface area contributed by atoms with Crippen molar-refractivity contribution in [3.8, 4) is 0 Å². The Morgan fingerprint density at radius 3 is 2.35 bits per heavy atom. The highest BCUT2D eigenvalue weighted by molar-refractivity contribution is 14.1. The van der Waals surface area contributed by atoms with Crippen LogP contribution in [0.5, 0.6) is 0 Å². The van der Waals surface area contributed by atoms with Crippen molar-refractivity contribution in [2.75, 3.05) is 12.4 Å². The summed E-state index contributed by atoms with van der Waals surface area (Å²) in [5.74, 6) is 3.44. The fraction of sp³-hybridized carbons (Fsp3) is 0.692. The predicted octanol–water partition coefficient (Wildman–Crippen LogP) is 3.66. The second kappa shape index (κ2) is 4.71. The predicted molar refractivity (Wildman–Crippen MR) is 77.5 cm³/mol. The molecule has 2 fully saturated rings. The Morgan fingerprint density at radius 2 is 1.76 bits per heavy atom. The topological polar surface area (TPSA) is 37.8 Å². The Morgan fingerprint density at radius 1 is 1.06 bits per heavy atom. The van der Waals surface area contributed by atoms with Gasteiger partial charge in [-0.1, -0.05) is 12.8 Å². The van der Waals surface area contributed by atoms with Crippen molar-refractivity contribution in [3.63, 3.8) is 0 Å². The Labute approximate surface area is 116 Å². The molecule has 1 aromatic heterocycles. The fourth-order valence-corrected chi connectivity index (χ4v) is 3.59. The molecule has 0 aliphatic heterocycles. The number of halogens is 1. The average Bonchev–Trinajstić information content (AvgIpc) is 3.04. The minimum Gasteiger partial charge on any atom is -0.372 e. The van der Waals surface area contributed by atoms with E-state index in [0.29, 0.717) is 11.8 Å². The highest BCUT2D eigenvalue weighted by atomic mass is 127. The summed E-state index contributed by atoms with van der Waals surface area (Å²) < 4.78 is 1.23. The molecule has 0 atom stereocenters. The summed E-state index contributed by atoms with van der Waals surface area (Å²) in [6.45, 7) is 0. The van der Waals surface area contributed by atoms with Gasteiger partial charge in [-0.15, -0.1) is 0 Å². The number of rotatable bonds is 3. The van der Waals surface area contributed by atoms with Crippen molar-refractivity contribution < 1.29 is 0 Å². The molecule has 0 saturated heterocycles. The molecule has 0 unspecified atom stereocenters. The maximum atomic E-state index is 4.87. The molecule has 17 heavy (non-hydrogen) atoms. The van der Waals surface area contributed by atoms with Crippen LogP contribution in [0.4, 0.5) is 5.82 Å². The van der Waals surface area contributed by atoms with E-state index in [9.17, 15) is 0 Å². The van der Waals surface area contributed by atoms with E-state index in [1.54, 1.807) is 0 Å². The van der Waals surface area contributed by atoms with Crippen LogP contribution in [0, 0.1) is 3.57 Å². The van der Waals surface area contributed by atoms with Crippen molar-refractivity contribution in [2.24, 2.45) is 0 Å². The Hall–Kier alpha value is -0.390. The van der Waals surface area contributed by atoms with E-state index >= 15 is 0 Å². The molecule has 1 aromatic rings. The third-order valence-corrected chi connectivity index (χ3v) is 4.88. The van der Waals surface area contributed by atoms with Crippen LogP contribution in [0.25, 0.3) is 0 Å². The minimum absolute atomic E-state index is 0.608. The number of anilines is 1. The Bertz CT molecular complexity index is 423. The normalized spacial score (nSPS) is 20.8. The van der Waals surface area contributed by atoms with Crippen molar-refractivity contribution >= 4 is 28.4 Å². The average molecular weight is 343 g/mol. The van der Waals surface area contributed by atoms with Crippen molar-refractivity contribution in [1.82, 2.24) is 9.97 Å². The molecule has 0 bridgehead atoms. The lowest BCUT2D eigenvalue weighted by Gasteiger charge is -2.14. The SMILES string of the molecule is CNc1nc(C2CCCC2)nc(C2CC2)c1I.